The third kappa shape index (κ3) is 3.45. The molecule has 2 rings (SSSR count). The summed E-state index contributed by atoms with van der Waals surface area (Å²) in [6, 6.07) is 5.48. The Kier molecular flexibility index (Phi) is 4.17. The van der Waals surface area contributed by atoms with Crippen molar-refractivity contribution in [2.75, 3.05) is 30.7 Å². The number of rotatable bonds is 3. The van der Waals surface area contributed by atoms with E-state index in [0.29, 0.717) is 12.3 Å². The Labute approximate surface area is 107 Å². The van der Waals surface area contributed by atoms with Crippen molar-refractivity contribution in [1.82, 2.24) is 5.06 Å². The number of hydroxylamine groups is 2. The maximum atomic E-state index is 11.9. The van der Waals surface area contributed by atoms with Gasteiger partial charge in [-0.15, -0.1) is 0 Å². The number of carbonyl (C=O) groups excluding carboxylic acids is 1. The van der Waals surface area contributed by atoms with Gasteiger partial charge in [0.15, 0.2) is 0 Å². The van der Waals surface area contributed by atoms with Gasteiger partial charge in [-0.3, -0.25) is 9.63 Å². The van der Waals surface area contributed by atoms with Gasteiger partial charge in [0.05, 0.1) is 6.61 Å². The molecule has 1 aliphatic rings. The highest BCUT2D eigenvalue weighted by atomic mass is 16.7. The molecular weight excluding hydrogens is 230 g/mol. The Bertz CT molecular complexity index is 428. The number of nitrogen functional groups attached to an aromatic ring is 1. The summed E-state index contributed by atoms with van der Waals surface area (Å²) >= 11 is 0. The van der Waals surface area contributed by atoms with Crippen LogP contribution in [-0.2, 0) is 9.63 Å². The van der Waals surface area contributed by atoms with E-state index in [1.54, 1.807) is 11.1 Å². The number of anilines is 2. The van der Waals surface area contributed by atoms with Crippen LogP contribution >= 0.6 is 0 Å². The minimum absolute atomic E-state index is 0.0781. The molecular formula is C13H19N3O2. The fourth-order valence-corrected chi connectivity index (χ4v) is 1.90. The van der Waals surface area contributed by atoms with E-state index in [9.17, 15) is 4.79 Å². The average molecular weight is 249 g/mol. The molecule has 1 aliphatic heterocycles. The van der Waals surface area contributed by atoms with Crippen molar-refractivity contribution in [2.45, 2.75) is 19.8 Å². The topological polar surface area (TPSA) is 67.6 Å². The molecule has 5 nitrogen and oxygen atoms in total. The molecule has 1 fully saturated rings. The predicted octanol–water partition coefficient (Wildman–Crippen LogP) is 1.54. The van der Waals surface area contributed by atoms with Crippen LogP contribution in [0.3, 0.4) is 0 Å². The van der Waals surface area contributed by atoms with Crippen LogP contribution in [0.4, 0.5) is 11.4 Å². The van der Waals surface area contributed by atoms with Gasteiger partial charge in [-0.25, -0.2) is 0 Å². The standard InChI is InChI=1S/C13H19N3O2/c1-10-4-5-11(14)8-12(10)15-13(17)9-16-6-2-3-7-18-16/h4-5,8H,2-3,6-7,9,14H2,1H3,(H,15,17). The van der Waals surface area contributed by atoms with Crippen LogP contribution < -0.4 is 11.1 Å². The Morgan fingerprint density at radius 3 is 3.06 bits per heavy atom. The van der Waals surface area contributed by atoms with E-state index in [-0.39, 0.29) is 12.5 Å². The molecule has 1 aromatic carbocycles. The fraction of sp³-hybridized carbons (Fsp3) is 0.462. The number of carbonyl (C=O) groups is 1. The zero-order valence-corrected chi connectivity index (χ0v) is 10.6. The summed E-state index contributed by atoms with van der Waals surface area (Å²) in [5.74, 6) is -0.0781. The Morgan fingerprint density at radius 2 is 2.33 bits per heavy atom. The molecule has 0 aromatic heterocycles. The molecule has 3 N–H and O–H groups in total. The lowest BCUT2D eigenvalue weighted by molar-refractivity contribution is -0.182. The van der Waals surface area contributed by atoms with Crippen LogP contribution in [0.2, 0.25) is 0 Å². The molecule has 1 aromatic rings. The number of hydrogen-bond donors (Lipinski definition) is 2. The summed E-state index contributed by atoms with van der Waals surface area (Å²) < 4.78 is 0. The maximum absolute atomic E-state index is 11.9. The van der Waals surface area contributed by atoms with Crippen molar-refractivity contribution in [2.24, 2.45) is 0 Å². The number of hydrogen-bond acceptors (Lipinski definition) is 4. The average Bonchev–Trinajstić information content (AvgIpc) is 2.35. The van der Waals surface area contributed by atoms with Crippen molar-refractivity contribution in [3.63, 3.8) is 0 Å². The van der Waals surface area contributed by atoms with E-state index in [1.807, 2.05) is 19.1 Å². The second-order valence-electron chi connectivity index (χ2n) is 4.53. The SMILES string of the molecule is Cc1ccc(N)cc1NC(=O)CN1CCCCO1. The van der Waals surface area contributed by atoms with E-state index in [0.717, 1.165) is 30.6 Å². The van der Waals surface area contributed by atoms with Crippen molar-refractivity contribution in [3.8, 4) is 0 Å². The van der Waals surface area contributed by atoms with Crippen molar-refractivity contribution < 1.29 is 9.63 Å². The van der Waals surface area contributed by atoms with Gasteiger partial charge in [-0.1, -0.05) is 6.07 Å². The molecule has 0 spiro atoms. The highest BCUT2D eigenvalue weighted by Gasteiger charge is 2.15. The predicted molar refractivity (Wildman–Crippen MR) is 71.0 cm³/mol. The second-order valence-corrected chi connectivity index (χ2v) is 4.53. The molecule has 1 amide bonds. The third-order valence-electron chi connectivity index (χ3n) is 2.93. The molecule has 1 heterocycles. The van der Waals surface area contributed by atoms with Crippen LogP contribution in [-0.4, -0.2) is 30.7 Å². The number of benzene rings is 1. The molecule has 0 unspecified atom stereocenters. The van der Waals surface area contributed by atoms with Gasteiger partial charge >= 0.3 is 0 Å². The molecule has 5 heteroatoms. The molecule has 0 saturated carbocycles. The minimum atomic E-state index is -0.0781. The lowest BCUT2D eigenvalue weighted by atomic mass is 10.2. The fourth-order valence-electron chi connectivity index (χ4n) is 1.90. The molecule has 1 saturated heterocycles. The quantitative estimate of drug-likeness (QED) is 0.797. The normalized spacial score (nSPS) is 16.5. The first-order valence-corrected chi connectivity index (χ1v) is 6.19. The van der Waals surface area contributed by atoms with Crippen LogP contribution in [0.15, 0.2) is 18.2 Å². The van der Waals surface area contributed by atoms with E-state index >= 15 is 0 Å². The lowest BCUT2D eigenvalue weighted by Gasteiger charge is -2.25. The summed E-state index contributed by atoms with van der Waals surface area (Å²) in [5.41, 5.74) is 8.10. The van der Waals surface area contributed by atoms with Gasteiger partial charge in [-0.2, -0.15) is 5.06 Å². The van der Waals surface area contributed by atoms with Gasteiger partial charge in [0.25, 0.3) is 0 Å². The van der Waals surface area contributed by atoms with Crippen LogP contribution in [0, 0.1) is 6.92 Å². The summed E-state index contributed by atoms with van der Waals surface area (Å²) in [7, 11) is 0. The van der Waals surface area contributed by atoms with E-state index in [4.69, 9.17) is 10.6 Å². The highest BCUT2D eigenvalue weighted by Crippen LogP contribution is 2.18. The molecule has 0 radical (unpaired) electrons. The molecule has 98 valence electrons. The first kappa shape index (κ1) is 12.9. The van der Waals surface area contributed by atoms with Gasteiger partial charge < -0.3 is 11.1 Å². The summed E-state index contributed by atoms with van der Waals surface area (Å²) in [4.78, 5) is 17.3. The van der Waals surface area contributed by atoms with Crippen LogP contribution in [0.25, 0.3) is 0 Å². The zero-order valence-electron chi connectivity index (χ0n) is 10.6. The van der Waals surface area contributed by atoms with Gasteiger partial charge in [0, 0.05) is 17.9 Å². The second kappa shape index (κ2) is 5.84. The van der Waals surface area contributed by atoms with Crippen molar-refractivity contribution in [3.05, 3.63) is 23.8 Å². The Balaban J connectivity index is 1.92. The first-order valence-electron chi connectivity index (χ1n) is 6.19. The lowest BCUT2D eigenvalue weighted by Crippen LogP contribution is -2.37. The molecule has 0 bridgehead atoms. The summed E-state index contributed by atoms with van der Waals surface area (Å²) in [5, 5.41) is 4.57. The third-order valence-corrected chi connectivity index (χ3v) is 2.93. The van der Waals surface area contributed by atoms with Crippen LogP contribution in [0.1, 0.15) is 18.4 Å². The van der Waals surface area contributed by atoms with Crippen molar-refractivity contribution in [1.29, 1.82) is 0 Å². The number of nitrogens with two attached hydrogens (primary N) is 1. The molecule has 0 atom stereocenters. The highest BCUT2D eigenvalue weighted by molar-refractivity contribution is 5.93. The first-order chi connectivity index (χ1) is 8.65. The van der Waals surface area contributed by atoms with E-state index in [1.165, 1.54) is 0 Å². The molecule has 0 aliphatic carbocycles. The van der Waals surface area contributed by atoms with Gasteiger partial charge in [-0.05, 0) is 37.5 Å². The summed E-state index contributed by atoms with van der Waals surface area (Å²) in [6.07, 6.45) is 2.14. The summed E-state index contributed by atoms with van der Waals surface area (Å²) in [6.45, 7) is 3.70. The Morgan fingerprint density at radius 1 is 1.50 bits per heavy atom. The van der Waals surface area contributed by atoms with Gasteiger partial charge in [0.1, 0.15) is 6.54 Å². The minimum Gasteiger partial charge on any atom is -0.399 e. The monoisotopic (exact) mass is 249 g/mol. The largest absolute Gasteiger partial charge is 0.399 e. The number of aryl methyl sites for hydroxylation is 1. The smallest absolute Gasteiger partial charge is 0.241 e. The number of nitrogens with zero attached hydrogens (tertiary/aromatic N) is 1. The number of nitrogens with one attached hydrogen (secondary N) is 1. The van der Waals surface area contributed by atoms with Crippen LogP contribution in [0.5, 0.6) is 0 Å². The number of amides is 1. The van der Waals surface area contributed by atoms with Gasteiger partial charge in [0.2, 0.25) is 5.91 Å². The van der Waals surface area contributed by atoms with Crippen molar-refractivity contribution >= 4 is 17.3 Å². The Hall–Kier alpha value is -1.59. The zero-order chi connectivity index (χ0) is 13.0. The molecule has 18 heavy (non-hydrogen) atoms. The maximum Gasteiger partial charge on any atom is 0.241 e. The van der Waals surface area contributed by atoms with E-state index in [2.05, 4.69) is 5.32 Å². The van der Waals surface area contributed by atoms with E-state index < -0.39 is 0 Å².